The normalized spacial score (nSPS) is 33.1. The van der Waals surface area contributed by atoms with Gasteiger partial charge in [-0.15, -0.1) is 0 Å². The lowest BCUT2D eigenvalue weighted by Gasteiger charge is -2.36. The van der Waals surface area contributed by atoms with Crippen LogP contribution in [0.25, 0.3) is 0 Å². The lowest BCUT2D eigenvalue weighted by Crippen LogP contribution is -2.28. The van der Waals surface area contributed by atoms with Crippen molar-refractivity contribution in [2.75, 3.05) is 0 Å². The molecule has 2 heteroatoms. The van der Waals surface area contributed by atoms with Gasteiger partial charge in [0.1, 0.15) is 0 Å². The van der Waals surface area contributed by atoms with Crippen LogP contribution in [0, 0.1) is 11.3 Å². The summed E-state index contributed by atoms with van der Waals surface area (Å²) in [5.41, 5.74) is 0.507. The Morgan fingerprint density at radius 3 is 2.71 bits per heavy atom. The molecule has 0 unspecified atom stereocenters. The molecule has 0 saturated heterocycles. The summed E-state index contributed by atoms with van der Waals surface area (Å²) in [5, 5.41) is 0. The van der Waals surface area contributed by atoms with E-state index >= 15 is 0 Å². The maximum Gasteiger partial charge on any atom is 0.0946 e. The van der Waals surface area contributed by atoms with Crippen molar-refractivity contribution < 1.29 is 0 Å². The van der Waals surface area contributed by atoms with E-state index in [0.29, 0.717) is 5.41 Å². The topological polar surface area (TPSA) is 17.8 Å². The highest BCUT2D eigenvalue weighted by Crippen LogP contribution is 2.39. The molecule has 0 bridgehead atoms. The van der Waals surface area contributed by atoms with Gasteiger partial charge >= 0.3 is 0 Å². The van der Waals surface area contributed by atoms with E-state index < -0.39 is 0 Å². The van der Waals surface area contributed by atoms with Crippen LogP contribution < -0.4 is 0 Å². The zero-order valence-corrected chi connectivity index (χ0v) is 9.24. The first-order valence-electron chi connectivity index (χ1n) is 5.64. The number of aromatic nitrogens is 2. The predicted octanol–water partition coefficient (Wildman–Crippen LogP) is 3.10. The Hall–Kier alpha value is -0.790. The zero-order chi connectivity index (χ0) is 10.0. The highest BCUT2D eigenvalue weighted by Gasteiger charge is 2.29. The molecule has 1 aliphatic rings. The molecule has 14 heavy (non-hydrogen) atoms. The Bertz CT molecular complexity index is 269. The molecule has 1 saturated carbocycles. The van der Waals surface area contributed by atoms with Crippen molar-refractivity contribution in [3.05, 3.63) is 18.7 Å². The molecular weight excluding hydrogens is 172 g/mol. The van der Waals surface area contributed by atoms with Gasteiger partial charge in [0.15, 0.2) is 0 Å². The fourth-order valence-corrected chi connectivity index (χ4v) is 2.44. The van der Waals surface area contributed by atoms with Crippen molar-refractivity contribution in [1.29, 1.82) is 0 Å². The van der Waals surface area contributed by atoms with Crippen LogP contribution in [0.1, 0.15) is 39.5 Å². The van der Waals surface area contributed by atoms with Gasteiger partial charge in [0.25, 0.3) is 0 Å². The molecule has 0 aliphatic heterocycles. The van der Waals surface area contributed by atoms with E-state index in [4.69, 9.17) is 0 Å². The number of rotatable bonds is 2. The van der Waals surface area contributed by atoms with Crippen LogP contribution in [0.4, 0.5) is 0 Å². The van der Waals surface area contributed by atoms with Crippen LogP contribution in [-0.4, -0.2) is 9.55 Å². The van der Waals surface area contributed by atoms with Gasteiger partial charge in [0.05, 0.1) is 6.33 Å². The van der Waals surface area contributed by atoms with Gasteiger partial charge in [0, 0.05) is 18.9 Å². The Kier molecular flexibility index (Phi) is 2.62. The summed E-state index contributed by atoms with van der Waals surface area (Å²) in [7, 11) is 0. The summed E-state index contributed by atoms with van der Waals surface area (Å²) < 4.78 is 2.22. The van der Waals surface area contributed by atoms with Crippen molar-refractivity contribution in [2.45, 2.75) is 46.1 Å². The van der Waals surface area contributed by atoms with Crippen molar-refractivity contribution in [1.82, 2.24) is 9.55 Å². The molecule has 0 N–H and O–H groups in total. The molecule has 0 spiro atoms. The van der Waals surface area contributed by atoms with Crippen molar-refractivity contribution in [2.24, 2.45) is 11.3 Å². The summed E-state index contributed by atoms with van der Waals surface area (Å²) in [4.78, 5) is 4.10. The number of imidazole rings is 1. The lowest BCUT2D eigenvalue weighted by molar-refractivity contribution is 0.152. The summed E-state index contributed by atoms with van der Waals surface area (Å²) in [6, 6.07) is 0. The van der Waals surface area contributed by atoms with E-state index in [0.717, 1.165) is 12.5 Å². The second-order valence-electron chi connectivity index (χ2n) is 5.23. The van der Waals surface area contributed by atoms with Crippen LogP contribution in [-0.2, 0) is 6.54 Å². The third kappa shape index (κ3) is 2.17. The Morgan fingerprint density at radius 1 is 1.43 bits per heavy atom. The summed E-state index contributed by atoms with van der Waals surface area (Å²) >= 11 is 0. The van der Waals surface area contributed by atoms with Crippen LogP contribution >= 0.6 is 0 Å². The van der Waals surface area contributed by atoms with Crippen molar-refractivity contribution >= 4 is 0 Å². The Labute approximate surface area is 86.3 Å². The quantitative estimate of drug-likeness (QED) is 0.704. The molecule has 0 aromatic carbocycles. The van der Waals surface area contributed by atoms with Gasteiger partial charge in [-0.25, -0.2) is 4.98 Å². The average Bonchev–Trinajstić information content (AvgIpc) is 2.63. The van der Waals surface area contributed by atoms with E-state index in [1.165, 1.54) is 25.7 Å². The molecule has 0 atom stereocenters. The third-order valence-electron chi connectivity index (χ3n) is 3.60. The molecule has 2 rings (SSSR count). The van der Waals surface area contributed by atoms with E-state index in [-0.39, 0.29) is 0 Å². The largest absolute Gasteiger partial charge is 0.337 e. The predicted molar refractivity (Wildman–Crippen MR) is 58.0 cm³/mol. The first-order chi connectivity index (χ1) is 6.68. The van der Waals surface area contributed by atoms with Gasteiger partial charge in [-0.1, -0.05) is 26.7 Å². The van der Waals surface area contributed by atoms with Crippen molar-refractivity contribution in [3.8, 4) is 0 Å². The summed E-state index contributed by atoms with van der Waals surface area (Å²) in [5.74, 6) is 0.936. The molecule has 0 radical (unpaired) electrons. The van der Waals surface area contributed by atoms with E-state index in [1.807, 2.05) is 12.5 Å². The molecule has 1 heterocycles. The molecule has 1 aliphatic carbocycles. The second kappa shape index (κ2) is 3.76. The SMILES string of the molecule is CC1CCC(C)(Cn2ccnc2)CC1. The minimum atomic E-state index is 0.507. The van der Waals surface area contributed by atoms with Gasteiger partial charge in [-0.05, 0) is 24.2 Å². The smallest absolute Gasteiger partial charge is 0.0946 e. The fourth-order valence-electron chi connectivity index (χ4n) is 2.44. The summed E-state index contributed by atoms with van der Waals surface area (Å²) in [6.07, 6.45) is 11.4. The summed E-state index contributed by atoms with van der Waals surface area (Å²) in [6.45, 7) is 5.93. The minimum absolute atomic E-state index is 0.507. The first-order valence-corrected chi connectivity index (χ1v) is 5.64. The lowest BCUT2D eigenvalue weighted by atomic mass is 9.72. The maximum atomic E-state index is 4.10. The average molecular weight is 192 g/mol. The van der Waals surface area contributed by atoms with Gasteiger partial charge in [-0.3, -0.25) is 0 Å². The van der Waals surface area contributed by atoms with Crippen molar-refractivity contribution in [3.63, 3.8) is 0 Å². The van der Waals surface area contributed by atoms with Crippen LogP contribution in [0.3, 0.4) is 0 Å². The van der Waals surface area contributed by atoms with Crippen LogP contribution in [0.5, 0.6) is 0 Å². The van der Waals surface area contributed by atoms with Gasteiger partial charge < -0.3 is 4.57 Å². The van der Waals surface area contributed by atoms with E-state index in [1.54, 1.807) is 0 Å². The van der Waals surface area contributed by atoms with Gasteiger partial charge in [0.2, 0.25) is 0 Å². The third-order valence-corrected chi connectivity index (χ3v) is 3.60. The first kappa shape index (κ1) is 9.75. The molecule has 78 valence electrons. The molecule has 1 aromatic heterocycles. The minimum Gasteiger partial charge on any atom is -0.337 e. The van der Waals surface area contributed by atoms with E-state index in [2.05, 4.69) is 29.6 Å². The molecule has 2 nitrogen and oxygen atoms in total. The van der Waals surface area contributed by atoms with Crippen LogP contribution in [0.15, 0.2) is 18.7 Å². The molecular formula is C12H20N2. The maximum absolute atomic E-state index is 4.10. The Morgan fingerprint density at radius 2 is 2.14 bits per heavy atom. The molecule has 1 aromatic rings. The second-order valence-corrected chi connectivity index (χ2v) is 5.23. The van der Waals surface area contributed by atoms with E-state index in [9.17, 15) is 0 Å². The highest BCUT2D eigenvalue weighted by molar-refractivity contribution is 4.84. The fraction of sp³-hybridized carbons (Fsp3) is 0.750. The number of hydrogen-bond donors (Lipinski definition) is 0. The molecule has 0 amide bonds. The van der Waals surface area contributed by atoms with Gasteiger partial charge in [-0.2, -0.15) is 0 Å². The van der Waals surface area contributed by atoms with Crippen LogP contribution in [0.2, 0.25) is 0 Å². The molecule has 1 fully saturated rings. The Balaban J connectivity index is 1.96. The standard InChI is InChI=1S/C12H20N2/c1-11-3-5-12(2,6-4-11)9-14-8-7-13-10-14/h7-8,10-11H,3-6,9H2,1-2H3. The number of hydrogen-bond acceptors (Lipinski definition) is 1. The number of nitrogens with zero attached hydrogens (tertiary/aromatic N) is 2. The zero-order valence-electron chi connectivity index (χ0n) is 9.24. The highest BCUT2D eigenvalue weighted by atomic mass is 15.0. The monoisotopic (exact) mass is 192 g/mol.